The molecule has 0 saturated heterocycles. The first kappa shape index (κ1) is 19.7. The fourth-order valence-corrected chi connectivity index (χ4v) is 4.80. The fraction of sp³-hybridized carbons (Fsp3) is 0.200. The van der Waals surface area contributed by atoms with Gasteiger partial charge in [0.2, 0.25) is 0 Å². The van der Waals surface area contributed by atoms with Crippen LogP contribution in [0, 0.1) is 0 Å². The van der Waals surface area contributed by atoms with Crippen LogP contribution in [0.2, 0.25) is 0 Å². The van der Waals surface area contributed by atoms with Crippen molar-refractivity contribution in [2.45, 2.75) is 19.5 Å². The molecule has 1 amide bonds. The molecule has 156 valence electrons. The van der Waals surface area contributed by atoms with E-state index in [2.05, 4.69) is 27.3 Å². The lowest BCUT2D eigenvalue weighted by Gasteiger charge is -2.28. The van der Waals surface area contributed by atoms with Crippen molar-refractivity contribution in [2.24, 2.45) is 0 Å². The molecule has 0 fully saturated rings. The zero-order valence-corrected chi connectivity index (χ0v) is 18.1. The van der Waals surface area contributed by atoms with Gasteiger partial charge >= 0.3 is 0 Å². The lowest BCUT2D eigenvalue weighted by molar-refractivity contribution is 0.102. The van der Waals surface area contributed by atoms with E-state index in [1.165, 1.54) is 22.5 Å². The van der Waals surface area contributed by atoms with Gasteiger partial charge in [-0.25, -0.2) is 4.98 Å². The minimum absolute atomic E-state index is 0.126. The molecule has 0 atom stereocenters. The Bertz CT molecular complexity index is 1250. The monoisotopic (exact) mass is 429 g/mol. The third kappa shape index (κ3) is 4.17. The van der Waals surface area contributed by atoms with E-state index in [4.69, 9.17) is 4.74 Å². The van der Waals surface area contributed by atoms with Crippen LogP contribution >= 0.6 is 11.3 Å². The number of carbonyl (C=O) groups excluding carboxylic acids is 1. The Labute approximate surface area is 185 Å². The van der Waals surface area contributed by atoms with Crippen molar-refractivity contribution < 1.29 is 9.53 Å². The maximum absolute atomic E-state index is 12.9. The van der Waals surface area contributed by atoms with Crippen molar-refractivity contribution in [1.29, 1.82) is 0 Å². The summed E-state index contributed by atoms with van der Waals surface area (Å²) in [5.74, 6) is 0.789. The number of ether oxygens (including phenoxy) is 1. The molecule has 1 aromatic heterocycles. The molecule has 3 aromatic carbocycles. The van der Waals surface area contributed by atoms with Gasteiger partial charge in [0.25, 0.3) is 5.91 Å². The van der Waals surface area contributed by atoms with E-state index in [9.17, 15) is 4.79 Å². The van der Waals surface area contributed by atoms with Gasteiger partial charge in [0.1, 0.15) is 5.75 Å². The molecular formula is C25H23N3O2S. The first-order chi connectivity index (χ1) is 15.2. The van der Waals surface area contributed by atoms with E-state index in [1.807, 2.05) is 53.9 Å². The van der Waals surface area contributed by atoms with Crippen LogP contribution in [0.25, 0.3) is 10.8 Å². The highest BCUT2D eigenvalue weighted by Crippen LogP contribution is 2.26. The molecule has 1 aliphatic heterocycles. The van der Waals surface area contributed by atoms with Crippen molar-refractivity contribution in [3.8, 4) is 5.75 Å². The van der Waals surface area contributed by atoms with E-state index < -0.39 is 0 Å². The number of carbonyl (C=O) groups is 1. The van der Waals surface area contributed by atoms with E-state index in [-0.39, 0.29) is 5.91 Å². The first-order valence-corrected chi connectivity index (χ1v) is 11.2. The summed E-state index contributed by atoms with van der Waals surface area (Å²) in [5.41, 5.74) is 4.34. The van der Waals surface area contributed by atoms with Crippen LogP contribution < -0.4 is 10.1 Å². The second-order valence-electron chi connectivity index (χ2n) is 7.72. The summed E-state index contributed by atoms with van der Waals surface area (Å²) >= 11 is 1.47. The van der Waals surface area contributed by atoms with Crippen LogP contribution in [0.3, 0.4) is 0 Å². The molecule has 0 unspecified atom stereocenters. The molecule has 4 aromatic rings. The fourth-order valence-electron chi connectivity index (χ4n) is 4.10. The number of amides is 1. The molecule has 1 N–H and O–H groups in total. The Morgan fingerprint density at radius 3 is 2.90 bits per heavy atom. The Kier molecular flexibility index (Phi) is 5.40. The highest BCUT2D eigenvalue weighted by Gasteiger charge is 2.18. The minimum Gasteiger partial charge on any atom is -0.497 e. The van der Waals surface area contributed by atoms with Crippen LogP contribution in [0.1, 0.15) is 27.2 Å². The van der Waals surface area contributed by atoms with Crippen LogP contribution in [0.15, 0.2) is 66.0 Å². The van der Waals surface area contributed by atoms with Gasteiger partial charge in [0.15, 0.2) is 5.13 Å². The number of hydrogen-bond donors (Lipinski definition) is 1. The molecule has 1 aliphatic rings. The minimum atomic E-state index is -0.126. The van der Waals surface area contributed by atoms with E-state index in [0.717, 1.165) is 48.3 Å². The van der Waals surface area contributed by atoms with E-state index in [1.54, 1.807) is 7.11 Å². The van der Waals surface area contributed by atoms with Crippen LogP contribution in [-0.2, 0) is 19.5 Å². The zero-order valence-electron chi connectivity index (χ0n) is 17.3. The summed E-state index contributed by atoms with van der Waals surface area (Å²) in [6, 6.07) is 20.0. The Morgan fingerprint density at radius 2 is 2.00 bits per heavy atom. The zero-order chi connectivity index (χ0) is 21.2. The normalized spacial score (nSPS) is 13.7. The average molecular weight is 430 g/mol. The Morgan fingerprint density at radius 1 is 1.13 bits per heavy atom. The van der Waals surface area contributed by atoms with Crippen LogP contribution in [0.5, 0.6) is 5.75 Å². The van der Waals surface area contributed by atoms with Gasteiger partial charge < -0.3 is 4.74 Å². The SMILES string of the molecule is COc1ccc2c(c1)CCN(Cc1csc(NC(=O)c3cccc4ccccc34)n1)C2. The quantitative estimate of drug-likeness (QED) is 0.479. The van der Waals surface area contributed by atoms with E-state index >= 15 is 0 Å². The van der Waals surface area contributed by atoms with Gasteiger partial charge in [-0.15, -0.1) is 11.3 Å². The highest BCUT2D eigenvalue weighted by molar-refractivity contribution is 7.14. The summed E-state index contributed by atoms with van der Waals surface area (Å²) in [6.07, 6.45) is 1.00. The lowest BCUT2D eigenvalue weighted by atomic mass is 9.99. The highest BCUT2D eigenvalue weighted by atomic mass is 32.1. The van der Waals surface area contributed by atoms with E-state index in [0.29, 0.717) is 10.7 Å². The van der Waals surface area contributed by atoms with Crippen molar-refractivity contribution >= 4 is 33.1 Å². The molecule has 31 heavy (non-hydrogen) atoms. The summed E-state index contributed by atoms with van der Waals surface area (Å²) in [6.45, 7) is 2.65. The van der Waals surface area contributed by atoms with Crippen molar-refractivity contribution in [1.82, 2.24) is 9.88 Å². The van der Waals surface area contributed by atoms with Gasteiger partial charge in [0.05, 0.1) is 12.8 Å². The van der Waals surface area contributed by atoms with Crippen molar-refractivity contribution in [3.05, 3.63) is 88.4 Å². The predicted molar refractivity (Wildman–Crippen MR) is 125 cm³/mol. The largest absolute Gasteiger partial charge is 0.497 e. The molecule has 0 bridgehead atoms. The Balaban J connectivity index is 1.26. The number of benzene rings is 3. The molecule has 0 radical (unpaired) electrons. The molecule has 5 nitrogen and oxygen atoms in total. The molecule has 6 heteroatoms. The smallest absolute Gasteiger partial charge is 0.258 e. The maximum atomic E-state index is 12.9. The van der Waals surface area contributed by atoms with Crippen LogP contribution in [-0.4, -0.2) is 29.4 Å². The lowest BCUT2D eigenvalue weighted by Crippen LogP contribution is -2.30. The number of methoxy groups -OCH3 is 1. The number of hydrogen-bond acceptors (Lipinski definition) is 5. The number of fused-ring (bicyclic) bond motifs is 2. The summed E-state index contributed by atoms with van der Waals surface area (Å²) in [7, 11) is 1.70. The molecule has 5 rings (SSSR count). The number of nitrogens with one attached hydrogen (secondary N) is 1. The molecular weight excluding hydrogens is 406 g/mol. The summed E-state index contributed by atoms with van der Waals surface area (Å²) in [4.78, 5) is 19.9. The third-order valence-electron chi connectivity index (χ3n) is 5.70. The number of rotatable bonds is 5. The summed E-state index contributed by atoms with van der Waals surface area (Å²) < 4.78 is 5.34. The van der Waals surface area contributed by atoms with Gasteiger partial charge in [-0.05, 0) is 46.5 Å². The second kappa shape index (κ2) is 8.49. The van der Waals surface area contributed by atoms with Crippen molar-refractivity contribution in [3.63, 3.8) is 0 Å². The standard InChI is InChI=1S/C25H23N3O2S/c1-30-21-10-9-19-14-28(12-11-18(19)13-21)15-20-16-31-25(26-20)27-24(29)23-8-4-6-17-5-2-3-7-22(17)23/h2-10,13,16H,11-12,14-15H2,1H3,(H,26,27,29). The van der Waals surface area contributed by atoms with Crippen molar-refractivity contribution in [2.75, 3.05) is 19.0 Å². The number of thiazole rings is 1. The first-order valence-electron chi connectivity index (χ1n) is 10.3. The van der Waals surface area contributed by atoms with Gasteiger partial charge in [-0.1, -0.05) is 42.5 Å². The van der Waals surface area contributed by atoms with Gasteiger partial charge in [0, 0.05) is 30.6 Å². The second-order valence-corrected chi connectivity index (χ2v) is 8.58. The maximum Gasteiger partial charge on any atom is 0.258 e. The molecule has 0 aliphatic carbocycles. The predicted octanol–water partition coefficient (Wildman–Crippen LogP) is 5.12. The topological polar surface area (TPSA) is 54.5 Å². The molecule has 2 heterocycles. The summed E-state index contributed by atoms with van der Waals surface area (Å²) in [5, 5.41) is 7.64. The number of nitrogens with zero attached hydrogens (tertiary/aromatic N) is 2. The average Bonchev–Trinajstić information content (AvgIpc) is 3.24. The van der Waals surface area contributed by atoms with Crippen LogP contribution in [0.4, 0.5) is 5.13 Å². The van der Waals surface area contributed by atoms with Gasteiger partial charge in [-0.3, -0.25) is 15.0 Å². The third-order valence-corrected chi connectivity index (χ3v) is 6.50. The Hall–Kier alpha value is -3.22. The molecule has 0 spiro atoms. The number of aromatic nitrogens is 1. The van der Waals surface area contributed by atoms with Gasteiger partial charge in [-0.2, -0.15) is 0 Å². The molecule has 0 saturated carbocycles. The number of anilines is 1.